The Kier molecular flexibility index (Phi) is 4.60. The summed E-state index contributed by atoms with van der Waals surface area (Å²) in [6.45, 7) is 0. The first-order chi connectivity index (χ1) is 6.33. The van der Waals surface area contributed by atoms with Crippen LogP contribution in [0.4, 0.5) is 5.69 Å². The smallest absolute Gasteiger partial charge is 0.156 e. The zero-order chi connectivity index (χ0) is 9.26. The van der Waals surface area contributed by atoms with Crippen molar-refractivity contribution < 1.29 is 21.5 Å². The largest absolute Gasteiger partial charge is 0.412 e. The van der Waals surface area contributed by atoms with Crippen LogP contribution in [0.1, 0.15) is 10.4 Å². The van der Waals surface area contributed by atoms with Gasteiger partial charge >= 0.3 is 0 Å². The standard InChI is InChI=1S/C11H9NO.2H2O/c12-11-9(7-13)6-5-8-3-1-2-4-10(8)11;;/h1-7H,12H2;2*1H2/p+1. The van der Waals surface area contributed by atoms with E-state index in [0.29, 0.717) is 5.56 Å². The molecule has 2 aromatic carbocycles. The van der Waals surface area contributed by atoms with Crippen molar-refractivity contribution in [3.63, 3.8) is 0 Å². The monoisotopic (exact) mass is 208 g/mol. The lowest BCUT2D eigenvalue weighted by atomic mass is 10.1. The summed E-state index contributed by atoms with van der Waals surface area (Å²) in [5.74, 6) is 0. The van der Waals surface area contributed by atoms with E-state index < -0.39 is 0 Å². The van der Waals surface area contributed by atoms with Crippen LogP contribution in [0.5, 0.6) is 0 Å². The highest BCUT2D eigenvalue weighted by atomic mass is 16.1. The average molecular weight is 208 g/mol. The third-order valence-electron chi connectivity index (χ3n) is 2.20. The highest BCUT2D eigenvalue weighted by molar-refractivity contribution is 5.98. The summed E-state index contributed by atoms with van der Waals surface area (Å²) < 4.78 is 0. The van der Waals surface area contributed by atoms with E-state index in [0.717, 1.165) is 22.7 Å². The maximum absolute atomic E-state index is 10.6. The Hall–Kier alpha value is -1.75. The average Bonchev–Trinajstić information content (AvgIpc) is 2.19. The van der Waals surface area contributed by atoms with Crippen LogP contribution < -0.4 is 5.73 Å². The number of carbonyl (C=O) groups excluding carboxylic acids is 1. The quantitative estimate of drug-likeness (QED) is 0.647. The van der Waals surface area contributed by atoms with Gasteiger partial charge in [0.05, 0.1) is 5.56 Å². The van der Waals surface area contributed by atoms with Gasteiger partial charge in [-0.15, -0.1) is 0 Å². The molecule has 0 aliphatic heterocycles. The second kappa shape index (κ2) is 5.21. The van der Waals surface area contributed by atoms with Gasteiger partial charge in [0.25, 0.3) is 0 Å². The molecule has 0 aliphatic rings. The molecule has 4 heteroatoms. The molecule has 0 unspecified atom stereocenters. The van der Waals surface area contributed by atoms with Gasteiger partial charge in [-0.2, -0.15) is 0 Å². The summed E-state index contributed by atoms with van der Waals surface area (Å²) in [6, 6.07) is 11.7. The normalized spacial score (nSPS) is 8.87. The van der Waals surface area contributed by atoms with Crippen molar-refractivity contribution in [1.82, 2.24) is 0 Å². The van der Waals surface area contributed by atoms with Crippen molar-refractivity contribution in [1.29, 1.82) is 0 Å². The molecular formula is C11H14NO3+. The molecule has 2 aromatic rings. The number of carbonyl (C=O) groups is 1. The Bertz CT molecular complexity index is 468. The van der Waals surface area contributed by atoms with Crippen molar-refractivity contribution in [2.75, 3.05) is 0 Å². The Labute approximate surface area is 86.9 Å². The number of benzene rings is 2. The molecule has 0 atom stereocenters. The van der Waals surface area contributed by atoms with Crippen LogP contribution in [0.15, 0.2) is 36.4 Å². The lowest BCUT2D eigenvalue weighted by molar-refractivity contribution is -0.252. The summed E-state index contributed by atoms with van der Waals surface area (Å²) in [5.41, 5.74) is 5.37. The molecule has 0 spiro atoms. The minimum atomic E-state index is 0. The summed E-state index contributed by atoms with van der Waals surface area (Å²) in [4.78, 5) is 10.6. The number of quaternary nitrogens is 1. The zero-order valence-electron chi connectivity index (χ0n) is 8.16. The van der Waals surface area contributed by atoms with Crippen molar-refractivity contribution in [2.24, 2.45) is 0 Å². The minimum absolute atomic E-state index is 0. The van der Waals surface area contributed by atoms with E-state index in [1.54, 1.807) is 6.07 Å². The molecule has 0 saturated carbocycles. The number of hydrogen-bond donors (Lipinski definition) is 1. The number of hydrogen-bond acceptors (Lipinski definition) is 1. The van der Waals surface area contributed by atoms with Crippen LogP contribution in [-0.4, -0.2) is 17.2 Å². The highest BCUT2D eigenvalue weighted by Gasteiger charge is 2.05. The van der Waals surface area contributed by atoms with Crippen LogP contribution in [0.25, 0.3) is 10.8 Å². The Morgan fingerprint density at radius 2 is 1.67 bits per heavy atom. The van der Waals surface area contributed by atoms with E-state index in [2.05, 4.69) is 5.73 Å². The number of fused-ring (bicyclic) bond motifs is 1. The van der Waals surface area contributed by atoms with Gasteiger partial charge in [-0.25, -0.2) is 0 Å². The van der Waals surface area contributed by atoms with E-state index in [1.807, 2.05) is 30.3 Å². The third-order valence-corrected chi connectivity index (χ3v) is 2.20. The molecule has 0 bridgehead atoms. The van der Waals surface area contributed by atoms with Crippen molar-refractivity contribution in [3.8, 4) is 0 Å². The molecule has 15 heavy (non-hydrogen) atoms. The molecule has 0 aromatic heterocycles. The zero-order valence-corrected chi connectivity index (χ0v) is 8.16. The molecule has 0 heterocycles. The Morgan fingerprint density at radius 3 is 2.33 bits per heavy atom. The SMILES string of the molecule is O.O.[NH3+]c1c(C=O)ccc2ccccc12. The summed E-state index contributed by atoms with van der Waals surface area (Å²) in [5, 5.41) is 2.17. The fourth-order valence-corrected chi connectivity index (χ4v) is 1.46. The molecule has 4 nitrogen and oxygen atoms in total. The second-order valence-corrected chi connectivity index (χ2v) is 2.97. The first kappa shape index (κ1) is 13.2. The van der Waals surface area contributed by atoms with E-state index in [4.69, 9.17) is 0 Å². The topological polar surface area (TPSA) is 108 Å². The lowest BCUT2D eigenvalue weighted by Crippen LogP contribution is -2.41. The van der Waals surface area contributed by atoms with Crippen LogP contribution in [0, 0.1) is 0 Å². The van der Waals surface area contributed by atoms with E-state index in [-0.39, 0.29) is 11.0 Å². The highest BCUT2D eigenvalue weighted by Crippen LogP contribution is 2.21. The summed E-state index contributed by atoms with van der Waals surface area (Å²) in [7, 11) is 0. The molecule has 0 fully saturated rings. The first-order valence-corrected chi connectivity index (χ1v) is 4.12. The van der Waals surface area contributed by atoms with E-state index in [9.17, 15) is 4.79 Å². The molecule has 0 amide bonds. The number of rotatable bonds is 1. The minimum Gasteiger partial charge on any atom is -0.412 e. The summed E-state index contributed by atoms with van der Waals surface area (Å²) >= 11 is 0. The molecule has 7 N–H and O–H groups in total. The van der Waals surface area contributed by atoms with Gasteiger partial charge in [0.2, 0.25) is 0 Å². The van der Waals surface area contributed by atoms with Crippen LogP contribution >= 0.6 is 0 Å². The van der Waals surface area contributed by atoms with Crippen LogP contribution in [0.2, 0.25) is 0 Å². The summed E-state index contributed by atoms with van der Waals surface area (Å²) in [6.07, 6.45) is 0.842. The predicted octanol–water partition coefficient (Wildman–Crippen LogP) is -0.124. The van der Waals surface area contributed by atoms with Crippen LogP contribution in [-0.2, 0) is 0 Å². The molecule has 0 radical (unpaired) electrons. The molecule has 0 saturated heterocycles. The lowest BCUT2D eigenvalue weighted by Gasteiger charge is -1.99. The number of aldehydes is 1. The van der Waals surface area contributed by atoms with E-state index >= 15 is 0 Å². The van der Waals surface area contributed by atoms with Crippen LogP contribution in [0.3, 0.4) is 0 Å². The third kappa shape index (κ3) is 2.19. The molecular weight excluding hydrogens is 194 g/mol. The van der Waals surface area contributed by atoms with Crippen molar-refractivity contribution in [3.05, 3.63) is 42.0 Å². The maximum Gasteiger partial charge on any atom is 0.156 e. The maximum atomic E-state index is 10.6. The van der Waals surface area contributed by atoms with Gasteiger partial charge in [0, 0.05) is 5.39 Å². The second-order valence-electron chi connectivity index (χ2n) is 2.97. The first-order valence-electron chi connectivity index (χ1n) is 4.12. The van der Waals surface area contributed by atoms with Gasteiger partial charge in [-0.3, -0.25) is 4.79 Å². The Balaban J connectivity index is 0.000000980. The van der Waals surface area contributed by atoms with Gasteiger partial charge < -0.3 is 16.7 Å². The van der Waals surface area contributed by atoms with Gasteiger partial charge in [0.15, 0.2) is 6.29 Å². The molecule has 80 valence electrons. The van der Waals surface area contributed by atoms with Gasteiger partial charge in [-0.05, 0) is 17.5 Å². The predicted molar refractivity (Wildman–Crippen MR) is 59.1 cm³/mol. The van der Waals surface area contributed by atoms with E-state index in [1.165, 1.54) is 0 Å². The Morgan fingerprint density at radius 1 is 1.00 bits per heavy atom. The van der Waals surface area contributed by atoms with Crippen molar-refractivity contribution >= 4 is 22.7 Å². The van der Waals surface area contributed by atoms with Gasteiger partial charge in [0.1, 0.15) is 5.69 Å². The molecule has 0 aliphatic carbocycles. The van der Waals surface area contributed by atoms with Crippen molar-refractivity contribution in [2.45, 2.75) is 0 Å². The molecule has 2 rings (SSSR count). The fourth-order valence-electron chi connectivity index (χ4n) is 1.46. The van der Waals surface area contributed by atoms with Gasteiger partial charge in [-0.1, -0.05) is 24.3 Å². The fraction of sp³-hybridized carbons (Fsp3) is 0.